The molecule has 1 saturated heterocycles. The maximum absolute atomic E-state index is 12.4. The Balaban J connectivity index is 0.00000242. The molecule has 0 aliphatic carbocycles. The number of hydrogen-bond donors (Lipinski definition) is 2. The summed E-state index contributed by atoms with van der Waals surface area (Å²) in [5.74, 6) is 0.833. The van der Waals surface area contributed by atoms with E-state index in [1.54, 1.807) is 14.2 Å². The Morgan fingerprint density at radius 1 is 1.32 bits per heavy atom. The van der Waals surface area contributed by atoms with Gasteiger partial charge in [0, 0.05) is 13.7 Å². The number of carbonyl (C=O) groups excluding carboxylic acids is 1. The summed E-state index contributed by atoms with van der Waals surface area (Å²) in [4.78, 5) is 12.4. The van der Waals surface area contributed by atoms with Gasteiger partial charge in [0.2, 0.25) is 0 Å². The van der Waals surface area contributed by atoms with Gasteiger partial charge in [0.05, 0.1) is 7.11 Å². The average molecular weight is 329 g/mol. The summed E-state index contributed by atoms with van der Waals surface area (Å²) in [6, 6.07) is 7.89. The van der Waals surface area contributed by atoms with Crippen LogP contribution >= 0.6 is 12.4 Å². The van der Waals surface area contributed by atoms with Crippen LogP contribution in [0.4, 0.5) is 0 Å². The zero-order chi connectivity index (χ0) is 15.1. The van der Waals surface area contributed by atoms with E-state index in [0.29, 0.717) is 19.4 Å². The highest BCUT2D eigenvalue weighted by molar-refractivity contribution is 5.85. The topological polar surface area (TPSA) is 59.6 Å². The van der Waals surface area contributed by atoms with Crippen molar-refractivity contribution in [2.45, 2.75) is 24.9 Å². The minimum absolute atomic E-state index is 0. The third kappa shape index (κ3) is 4.60. The van der Waals surface area contributed by atoms with Gasteiger partial charge in [-0.3, -0.25) is 4.79 Å². The predicted octanol–water partition coefficient (Wildman–Crippen LogP) is 1.54. The maximum atomic E-state index is 12.4. The molecule has 1 aliphatic rings. The minimum atomic E-state index is -0.667. The summed E-state index contributed by atoms with van der Waals surface area (Å²) in [7, 11) is 3.27. The fourth-order valence-corrected chi connectivity index (χ4v) is 2.66. The lowest BCUT2D eigenvalue weighted by molar-refractivity contribution is -0.146. The molecule has 0 unspecified atom stereocenters. The highest BCUT2D eigenvalue weighted by atomic mass is 35.5. The highest BCUT2D eigenvalue weighted by Gasteiger charge is 2.39. The molecule has 2 N–H and O–H groups in total. The largest absolute Gasteiger partial charge is 0.497 e. The average Bonchev–Trinajstić information content (AvgIpc) is 2.55. The van der Waals surface area contributed by atoms with Crippen molar-refractivity contribution in [3.8, 4) is 5.75 Å². The number of methoxy groups -OCH3 is 2. The first-order valence-electron chi connectivity index (χ1n) is 7.37. The van der Waals surface area contributed by atoms with E-state index in [2.05, 4.69) is 10.6 Å². The van der Waals surface area contributed by atoms with Crippen molar-refractivity contribution in [1.82, 2.24) is 10.6 Å². The van der Waals surface area contributed by atoms with Gasteiger partial charge < -0.3 is 20.1 Å². The van der Waals surface area contributed by atoms with Crippen molar-refractivity contribution in [1.29, 1.82) is 0 Å². The quantitative estimate of drug-likeness (QED) is 0.831. The van der Waals surface area contributed by atoms with E-state index < -0.39 is 5.60 Å². The van der Waals surface area contributed by atoms with E-state index in [1.807, 2.05) is 24.3 Å². The molecule has 124 valence electrons. The normalized spacial score (nSPS) is 16.5. The second kappa shape index (κ2) is 8.98. The molecule has 0 atom stereocenters. The number of nitrogens with one attached hydrogen (secondary N) is 2. The van der Waals surface area contributed by atoms with Gasteiger partial charge in [-0.05, 0) is 50.0 Å². The van der Waals surface area contributed by atoms with E-state index in [-0.39, 0.29) is 18.3 Å². The van der Waals surface area contributed by atoms with E-state index in [9.17, 15) is 4.79 Å². The number of piperidine rings is 1. The summed E-state index contributed by atoms with van der Waals surface area (Å²) in [5.41, 5.74) is 0.478. The molecule has 2 rings (SSSR count). The second-order valence-corrected chi connectivity index (χ2v) is 5.31. The molecule has 1 amide bonds. The Hall–Kier alpha value is -1.30. The number of ether oxygens (including phenoxy) is 2. The summed E-state index contributed by atoms with van der Waals surface area (Å²) in [6.07, 6.45) is 2.21. The summed E-state index contributed by atoms with van der Waals surface area (Å²) < 4.78 is 10.7. The van der Waals surface area contributed by atoms with E-state index in [0.717, 1.165) is 30.8 Å². The summed E-state index contributed by atoms with van der Waals surface area (Å²) in [6.45, 7) is 2.23. The Kier molecular flexibility index (Phi) is 7.65. The standard InChI is InChI=1S/C16H24N2O3.ClH/c1-20-14-5-3-4-13(12-14)6-9-18-15(19)16(21-2)7-10-17-11-8-16;/h3-5,12,17H,6-11H2,1-2H3,(H,18,19);1H. The lowest BCUT2D eigenvalue weighted by Crippen LogP contribution is -2.54. The molecule has 22 heavy (non-hydrogen) atoms. The first-order valence-corrected chi connectivity index (χ1v) is 7.37. The van der Waals surface area contributed by atoms with E-state index in [1.165, 1.54) is 0 Å². The monoisotopic (exact) mass is 328 g/mol. The van der Waals surface area contributed by atoms with E-state index >= 15 is 0 Å². The number of carbonyl (C=O) groups is 1. The number of hydrogen-bond acceptors (Lipinski definition) is 4. The number of benzene rings is 1. The van der Waals surface area contributed by atoms with Crippen LogP contribution in [-0.2, 0) is 16.0 Å². The number of halogens is 1. The summed E-state index contributed by atoms with van der Waals surface area (Å²) in [5, 5.41) is 6.25. The molecule has 6 heteroatoms. The Bertz CT molecular complexity index is 476. The van der Waals surface area contributed by atoms with Gasteiger partial charge in [-0.25, -0.2) is 0 Å². The number of rotatable bonds is 6. The van der Waals surface area contributed by atoms with Crippen LogP contribution in [0.5, 0.6) is 5.75 Å². The Morgan fingerprint density at radius 3 is 2.68 bits per heavy atom. The van der Waals surface area contributed by atoms with Crippen molar-refractivity contribution >= 4 is 18.3 Å². The molecule has 0 saturated carbocycles. The van der Waals surface area contributed by atoms with Gasteiger partial charge in [0.15, 0.2) is 0 Å². The highest BCUT2D eigenvalue weighted by Crippen LogP contribution is 2.22. The Morgan fingerprint density at radius 2 is 2.05 bits per heavy atom. The molecule has 1 aliphatic heterocycles. The van der Waals surface area contributed by atoms with Crippen molar-refractivity contribution in [3.05, 3.63) is 29.8 Å². The molecule has 5 nitrogen and oxygen atoms in total. The van der Waals surface area contributed by atoms with Crippen molar-refractivity contribution in [2.75, 3.05) is 33.9 Å². The van der Waals surface area contributed by atoms with Crippen LogP contribution in [0, 0.1) is 0 Å². The fourth-order valence-electron chi connectivity index (χ4n) is 2.66. The van der Waals surface area contributed by atoms with Crippen LogP contribution in [0.2, 0.25) is 0 Å². The molecule has 1 fully saturated rings. The Labute approximate surface area is 138 Å². The molecule has 0 radical (unpaired) electrons. The number of amides is 1. The molecular weight excluding hydrogens is 304 g/mol. The van der Waals surface area contributed by atoms with Crippen LogP contribution in [0.3, 0.4) is 0 Å². The molecule has 0 aromatic heterocycles. The molecule has 1 aromatic carbocycles. The second-order valence-electron chi connectivity index (χ2n) is 5.31. The van der Waals surface area contributed by atoms with Crippen LogP contribution in [0.25, 0.3) is 0 Å². The zero-order valence-corrected chi connectivity index (χ0v) is 14.0. The molecule has 1 heterocycles. The molecule has 0 bridgehead atoms. The SMILES string of the molecule is COc1cccc(CCNC(=O)C2(OC)CCNCC2)c1.Cl. The third-order valence-corrected chi connectivity index (χ3v) is 4.05. The van der Waals surface area contributed by atoms with Gasteiger partial charge in [0.25, 0.3) is 5.91 Å². The van der Waals surface area contributed by atoms with Crippen molar-refractivity contribution < 1.29 is 14.3 Å². The van der Waals surface area contributed by atoms with Crippen molar-refractivity contribution in [3.63, 3.8) is 0 Å². The van der Waals surface area contributed by atoms with Gasteiger partial charge in [-0.15, -0.1) is 12.4 Å². The van der Waals surface area contributed by atoms with Gasteiger partial charge in [-0.1, -0.05) is 12.1 Å². The maximum Gasteiger partial charge on any atom is 0.252 e. The lowest BCUT2D eigenvalue weighted by Gasteiger charge is -2.34. The first-order chi connectivity index (χ1) is 10.2. The zero-order valence-electron chi connectivity index (χ0n) is 13.2. The van der Waals surface area contributed by atoms with E-state index in [4.69, 9.17) is 9.47 Å². The van der Waals surface area contributed by atoms with Gasteiger partial charge in [-0.2, -0.15) is 0 Å². The fraction of sp³-hybridized carbons (Fsp3) is 0.562. The van der Waals surface area contributed by atoms with Crippen LogP contribution < -0.4 is 15.4 Å². The van der Waals surface area contributed by atoms with Crippen LogP contribution in [-0.4, -0.2) is 45.4 Å². The predicted molar refractivity (Wildman–Crippen MR) is 88.8 cm³/mol. The van der Waals surface area contributed by atoms with Gasteiger partial charge >= 0.3 is 0 Å². The first kappa shape index (κ1) is 18.7. The molecular formula is C16H25ClN2O3. The summed E-state index contributed by atoms with van der Waals surface area (Å²) >= 11 is 0. The lowest BCUT2D eigenvalue weighted by atomic mass is 9.91. The third-order valence-electron chi connectivity index (χ3n) is 4.05. The smallest absolute Gasteiger partial charge is 0.252 e. The molecule has 1 aromatic rings. The van der Waals surface area contributed by atoms with Crippen LogP contribution in [0.15, 0.2) is 24.3 Å². The molecule has 0 spiro atoms. The van der Waals surface area contributed by atoms with Crippen LogP contribution in [0.1, 0.15) is 18.4 Å². The minimum Gasteiger partial charge on any atom is -0.497 e. The van der Waals surface area contributed by atoms with Crippen molar-refractivity contribution in [2.24, 2.45) is 0 Å². The van der Waals surface area contributed by atoms with Gasteiger partial charge in [0.1, 0.15) is 11.4 Å².